The van der Waals surface area contributed by atoms with Gasteiger partial charge in [0.2, 0.25) is 5.91 Å². The van der Waals surface area contributed by atoms with Crippen LogP contribution in [0, 0.1) is 13.8 Å². The van der Waals surface area contributed by atoms with Gasteiger partial charge < -0.3 is 10.1 Å². The molecule has 2 unspecified atom stereocenters. The summed E-state index contributed by atoms with van der Waals surface area (Å²) in [7, 11) is 1.56. The quantitative estimate of drug-likeness (QED) is 0.781. The molecule has 5 nitrogen and oxygen atoms in total. The Morgan fingerprint density at radius 1 is 1.20 bits per heavy atom. The molecule has 0 aromatic heterocycles. The highest BCUT2D eigenvalue weighted by Gasteiger charge is 2.30. The zero-order chi connectivity index (χ0) is 18.0. The minimum absolute atomic E-state index is 0.102. The summed E-state index contributed by atoms with van der Waals surface area (Å²) in [6, 6.07) is 11.6. The molecule has 3 rings (SSSR count). The first-order valence-electron chi connectivity index (χ1n) is 8.20. The Labute approximate surface area is 152 Å². The van der Waals surface area contributed by atoms with E-state index in [1.54, 1.807) is 13.2 Å². The maximum absolute atomic E-state index is 12.6. The van der Waals surface area contributed by atoms with Gasteiger partial charge in [-0.05, 0) is 37.5 Å². The molecule has 2 aromatic rings. The second-order valence-electron chi connectivity index (χ2n) is 6.33. The number of amides is 1. The van der Waals surface area contributed by atoms with E-state index >= 15 is 0 Å². The third kappa shape index (κ3) is 3.95. The van der Waals surface area contributed by atoms with E-state index in [9.17, 15) is 4.79 Å². The van der Waals surface area contributed by atoms with Crippen molar-refractivity contribution < 1.29 is 9.53 Å². The Hall–Kier alpha value is -2.08. The highest BCUT2D eigenvalue weighted by atomic mass is 35.5. The highest BCUT2D eigenvalue weighted by Crippen LogP contribution is 2.31. The van der Waals surface area contributed by atoms with Crippen molar-refractivity contribution in [2.75, 3.05) is 12.4 Å². The summed E-state index contributed by atoms with van der Waals surface area (Å²) in [5.41, 5.74) is 10.1. The summed E-state index contributed by atoms with van der Waals surface area (Å²) in [5, 5.41) is 3.53. The minimum Gasteiger partial charge on any atom is -0.495 e. The number of hydrogen-bond acceptors (Lipinski definition) is 4. The SMILES string of the molecule is COc1cc(Cl)c(C)cc1NC(=O)C1CC(c2ccc(C)cc2)NN1. The van der Waals surface area contributed by atoms with E-state index in [4.69, 9.17) is 16.3 Å². The van der Waals surface area contributed by atoms with Gasteiger partial charge in [0, 0.05) is 17.1 Å². The van der Waals surface area contributed by atoms with Crippen LogP contribution in [0.2, 0.25) is 5.02 Å². The molecular formula is C19H22ClN3O2. The van der Waals surface area contributed by atoms with Gasteiger partial charge in [0.1, 0.15) is 11.8 Å². The average molecular weight is 360 g/mol. The summed E-state index contributed by atoms with van der Waals surface area (Å²) in [4.78, 5) is 12.6. The summed E-state index contributed by atoms with van der Waals surface area (Å²) in [5.74, 6) is 0.437. The van der Waals surface area contributed by atoms with E-state index in [0.717, 1.165) is 11.1 Å². The second-order valence-corrected chi connectivity index (χ2v) is 6.74. The Morgan fingerprint density at radius 2 is 1.92 bits per heavy atom. The van der Waals surface area contributed by atoms with Crippen LogP contribution in [0.1, 0.15) is 29.2 Å². The molecule has 0 radical (unpaired) electrons. The fourth-order valence-corrected chi connectivity index (χ4v) is 3.05. The number of aryl methyl sites for hydroxylation is 2. The average Bonchev–Trinajstić information content (AvgIpc) is 3.08. The molecule has 1 fully saturated rings. The first-order chi connectivity index (χ1) is 12.0. The molecule has 2 atom stereocenters. The van der Waals surface area contributed by atoms with Gasteiger partial charge >= 0.3 is 0 Å². The fourth-order valence-electron chi connectivity index (χ4n) is 2.90. The molecule has 0 saturated carbocycles. The lowest BCUT2D eigenvalue weighted by Crippen LogP contribution is -2.39. The van der Waals surface area contributed by atoms with Crippen LogP contribution in [0.25, 0.3) is 0 Å². The lowest BCUT2D eigenvalue weighted by molar-refractivity contribution is -0.117. The molecule has 1 aliphatic rings. The standard InChI is InChI=1S/C19H22ClN3O2/c1-11-4-6-13(7-5-11)15-10-17(23-22-15)19(24)21-16-8-12(2)14(20)9-18(16)25-3/h4-9,15,17,22-23H,10H2,1-3H3,(H,21,24). The maximum atomic E-state index is 12.6. The fraction of sp³-hybridized carbons (Fsp3) is 0.316. The van der Waals surface area contributed by atoms with E-state index in [-0.39, 0.29) is 18.0 Å². The molecular weight excluding hydrogens is 338 g/mol. The van der Waals surface area contributed by atoms with E-state index in [1.807, 2.05) is 13.0 Å². The number of halogens is 1. The number of hydrazine groups is 1. The molecule has 3 N–H and O–H groups in total. The molecule has 1 aliphatic heterocycles. The topological polar surface area (TPSA) is 62.4 Å². The van der Waals surface area contributed by atoms with Crippen LogP contribution in [-0.2, 0) is 4.79 Å². The van der Waals surface area contributed by atoms with Crippen LogP contribution >= 0.6 is 11.6 Å². The lowest BCUT2D eigenvalue weighted by atomic mass is 10.0. The minimum atomic E-state index is -0.327. The van der Waals surface area contributed by atoms with Gasteiger partial charge in [-0.2, -0.15) is 0 Å². The monoisotopic (exact) mass is 359 g/mol. The molecule has 2 aromatic carbocycles. The van der Waals surface area contributed by atoms with Crippen molar-refractivity contribution in [1.29, 1.82) is 0 Å². The number of carbonyl (C=O) groups excluding carboxylic acids is 1. The number of nitrogens with one attached hydrogen (secondary N) is 3. The Balaban J connectivity index is 1.69. The first-order valence-corrected chi connectivity index (χ1v) is 8.58. The van der Waals surface area contributed by atoms with Gasteiger partial charge in [-0.1, -0.05) is 41.4 Å². The summed E-state index contributed by atoms with van der Waals surface area (Å²) < 4.78 is 5.31. The normalized spacial score (nSPS) is 19.7. The van der Waals surface area contributed by atoms with Gasteiger partial charge in [-0.15, -0.1) is 0 Å². The van der Waals surface area contributed by atoms with Crippen molar-refractivity contribution in [1.82, 2.24) is 10.9 Å². The summed E-state index contributed by atoms with van der Waals surface area (Å²) >= 11 is 6.11. The number of ether oxygens (including phenoxy) is 1. The van der Waals surface area contributed by atoms with Crippen molar-refractivity contribution >= 4 is 23.2 Å². The van der Waals surface area contributed by atoms with Crippen LogP contribution in [-0.4, -0.2) is 19.1 Å². The van der Waals surface area contributed by atoms with Crippen LogP contribution in [0.4, 0.5) is 5.69 Å². The summed E-state index contributed by atoms with van der Waals surface area (Å²) in [6.07, 6.45) is 0.670. The largest absolute Gasteiger partial charge is 0.495 e. The maximum Gasteiger partial charge on any atom is 0.243 e. The predicted molar refractivity (Wildman–Crippen MR) is 100.0 cm³/mol. The zero-order valence-corrected chi connectivity index (χ0v) is 15.3. The van der Waals surface area contributed by atoms with Crippen LogP contribution in [0.3, 0.4) is 0 Å². The number of hydrogen-bond donors (Lipinski definition) is 3. The zero-order valence-electron chi connectivity index (χ0n) is 14.5. The van der Waals surface area contributed by atoms with Gasteiger partial charge in [0.05, 0.1) is 12.8 Å². The number of carbonyl (C=O) groups is 1. The Bertz CT molecular complexity index is 777. The molecule has 6 heteroatoms. The van der Waals surface area contributed by atoms with Crippen molar-refractivity contribution in [3.05, 3.63) is 58.1 Å². The molecule has 132 valence electrons. The third-order valence-electron chi connectivity index (χ3n) is 4.44. The molecule has 0 spiro atoms. The van der Waals surface area contributed by atoms with Gasteiger partial charge in [-0.3, -0.25) is 4.79 Å². The van der Waals surface area contributed by atoms with Gasteiger partial charge in [0.15, 0.2) is 0 Å². The molecule has 0 aliphatic carbocycles. The molecule has 1 saturated heterocycles. The van der Waals surface area contributed by atoms with Crippen molar-refractivity contribution in [2.24, 2.45) is 0 Å². The van der Waals surface area contributed by atoms with Crippen LogP contribution in [0.15, 0.2) is 36.4 Å². The molecule has 1 heterocycles. The number of benzene rings is 2. The lowest BCUT2D eigenvalue weighted by Gasteiger charge is -2.15. The second kappa shape index (κ2) is 7.44. The smallest absolute Gasteiger partial charge is 0.243 e. The van der Waals surface area contributed by atoms with Crippen molar-refractivity contribution in [3.8, 4) is 5.75 Å². The Kier molecular flexibility index (Phi) is 5.27. The van der Waals surface area contributed by atoms with Gasteiger partial charge in [-0.25, -0.2) is 10.9 Å². The number of methoxy groups -OCH3 is 1. The van der Waals surface area contributed by atoms with Gasteiger partial charge in [0.25, 0.3) is 0 Å². The van der Waals surface area contributed by atoms with E-state index in [0.29, 0.717) is 22.9 Å². The van der Waals surface area contributed by atoms with E-state index in [1.165, 1.54) is 5.56 Å². The first kappa shape index (κ1) is 17.7. The van der Waals surface area contributed by atoms with Crippen LogP contribution in [0.5, 0.6) is 5.75 Å². The highest BCUT2D eigenvalue weighted by molar-refractivity contribution is 6.31. The number of anilines is 1. The molecule has 0 bridgehead atoms. The summed E-state index contributed by atoms with van der Waals surface area (Å²) in [6.45, 7) is 3.95. The predicted octanol–water partition coefficient (Wildman–Crippen LogP) is 3.51. The third-order valence-corrected chi connectivity index (χ3v) is 4.85. The van der Waals surface area contributed by atoms with E-state index in [2.05, 4.69) is 47.4 Å². The van der Waals surface area contributed by atoms with E-state index < -0.39 is 0 Å². The number of rotatable bonds is 4. The molecule has 25 heavy (non-hydrogen) atoms. The van der Waals surface area contributed by atoms with Crippen molar-refractivity contribution in [2.45, 2.75) is 32.4 Å². The van der Waals surface area contributed by atoms with Crippen molar-refractivity contribution in [3.63, 3.8) is 0 Å². The molecule has 1 amide bonds. The van der Waals surface area contributed by atoms with Crippen LogP contribution < -0.4 is 20.9 Å². The Morgan fingerprint density at radius 3 is 2.60 bits per heavy atom.